The highest BCUT2D eigenvalue weighted by Gasteiger charge is 2.45. The second kappa shape index (κ2) is 8.88. The molecular formula is C28H26N2O4. The smallest absolute Gasteiger partial charge is 0.335 e. The SMILES string of the molecule is Cc1ccc(C(=O)c2nn(Cc3ccc(COC4(C(=O)O)CCC4)cc3)c3ccccc23)cc1. The van der Waals surface area contributed by atoms with Gasteiger partial charge in [-0.25, -0.2) is 4.79 Å². The second-order valence-electron chi connectivity index (χ2n) is 8.98. The lowest BCUT2D eigenvalue weighted by Crippen LogP contribution is -2.47. The Kier molecular flexibility index (Phi) is 5.75. The van der Waals surface area contributed by atoms with E-state index in [4.69, 9.17) is 4.74 Å². The molecule has 34 heavy (non-hydrogen) atoms. The molecule has 172 valence electrons. The summed E-state index contributed by atoms with van der Waals surface area (Å²) in [6.45, 7) is 2.78. The van der Waals surface area contributed by atoms with Crippen LogP contribution < -0.4 is 0 Å². The first-order valence-electron chi connectivity index (χ1n) is 11.5. The molecule has 6 nitrogen and oxygen atoms in total. The lowest BCUT2D eigenvalue weighted by molar-refractivity contribution is -0.181. The van der Waals surface area contributed by atoms with Gasteiger partial charge in [0.2, 0.25) is 5.78 Å². The van der Waals surface area contributed by atoms with E-state index in [2.05, 4.69) is 5.10 Å². The van der Waals surface area contributed by atoms with Crippen molar-refractivity contribution in [1.29, 1.82) is 0 Å². The number of carboxylic acid groups (broad SMARTS) is 1. The average Bonchev–Trinajstić information content (AvgIpc) is 3.18. The first-order chi connectivity index (χ1) is 16.4. The Morgan fingerprint density at radius 2 is 1.65 bits per heavy atom. The second-order valence-corrected chi connectivity index (χ2v) is 8.98. The predicted octanol–water partition coefficient (Wildman–Crippen LogP) is 5.15. The van der Waals surface area contributed by atoms with Crippen LogP contribution in [0.5, 0.6) is 0 Å². The number of ketones is 1. The molecule has 4 aromatic rings. The highest BCUT2D eigenvalue weighted by molar-refractivity contribution is 6.14. The zero-order valence-corrected chi connectivity index (χ0v) is 19.0. The Balaban J connectivity index is 1.35. The number of carboxylic acids is 1. The van der Waals surface area contributed by atoms with Gasteiger partial charge in [-0.05, 0) is 43.4 Å². The van der Waals surface area contributed by atoms with Crippen LogP contribution in [0.3, 0.4) is 0 Å². The van der Waals surface area contributed by atoms with Gasteiger partial charge in [-0.3, -0.25) is 9.48 Å². The maximum Gasteiger partial charge on any atom is 0.335 e. The lowest BCUT2D eigenvalue weighted by Gasteiger charge is -2.37. The number of hydrogen-bond acceptors (Lipinski definition) is 4. The van der Waals surface area contributed by atoms with Gasteiger partial charge in [0.15, 0.2) is 5.60 Å². The number of nitrogens with zero attached hydrogens (tertiary/aromatic N) is 2. The van der Waals surface area contributed by atoms with Gasteiger partial charge in [0, 0.05) is 10.9 Å². The van der Waals surface area contributed by atoms with E-state index < -0.39 is 11.6 Å². The minimum Gasteiger partial charge on any atom is -0.479 e. The molecule has 1 aromatic heterocycles. The quantitative estimate of drug-likeness (QED) is 0.373. The molecule has 1 saturated carbocycles. The largest absolute Gasteiger partial charge is 0.479 e. The zero-order chi connectivity index (χ0) is 23.7. The number of aliphatic carboxylic acids is 1. The standard InChI is InChI=1S/C28H26N2O4/c1-19-7-13-22(14-8-19)26(31)25-23-5-2-3-6-24(23)30(29-25)17-20-9-11-21(12-10-20)18-34-28(27(32)33)15-4-16-28/h2-3,5-14H,4,15-18H2,1H3,(H,32,33). The molecule has 0 saturated heterocycles. The van der Waals surface area contributed by atoms with Crippen molar-refractivity contribution in [2.24, 2.45) is 0 Å². The van der Waals surface area contributed by atoms with E-state index in [0.29, 0.717) is 30.6 Å². The molecule has 0 unspecified atom stereocenters. The summed E-state index contributed by atoms with van der Waals surface area (Å²) in [6.07, 6.45) is 2.02. The minimum absolute atomic E-state index is 0.0919. The monoisotopic (exact) mass is 454 g/mol. The number of ether oxygens (including phenoxy) is 1. The van der Waals surface area contributed by atoms with Crippen LogP contribution in [0.15, 0.2) is 72.8 Å². The highest BCUT2D eigenvalue weighted by atomic mass is 16.5. The van der Waals surface area contributed by atoms with E-state index in [0.717, 1.165) is 34.0 Å². The topological polar surface area (TPSA) is 81.4 Å². The highest BCUT2D eigenvalue weighted by Crippen LogP contribution is 2.36. The van der Waals surface area contributed by atoms with Crippen molar-refractivity contribution in [2.75, 3.05) is 0 Å². The maximum absolute atomic E-state index is 13.2. The average molecular weight is 455 g/mol. The number of hydrogen-bond donors (Lipinski definition) is 1. The summed E-state index contributed by atoms with van der Waals surface area (Å²) in [5.41, 5.74) is 4.01. The molecule has 0 amide bonds. The Morgan fingerprint density at radius 1 is 0.971 bits per heavy atom. The zero-order valence-electron chi connectivity index (χ0n) is 19.0. The van der Waals surface area contributed by atoms with Gasteiger partial charge in [-0.2, -0.15) is 5.10 Å². The summed E-state index contributed by atoms with van der Waals surface area (Å²) in [5.74, 6) is -0.970. The predicted molar refractivity (Wildman–Crippen MR) is 129 cm³/mol. The van der Waals surface area contributed by atoms with Gasteiger partial charge < -0.3 is 9.84 Å². The van der Waals surface area contributed by atoms with E-state index in [1.54, 1.807) is 0 Å². The Labute approximate surface area is 197 Å². The molecule has 1 heterocycles. The van der Waals surface area contributed by atoms with Crippen LogP contribution >= 0.6 is 0 Å². The van der Waals surface area contributed by atoms with Crippen LogP contribution in [-0.4, -0.2) is 32.2 Å². The molecule has 0 spiro atoms. The Bertz CT molecular complexity index is 1350. The molecule has 3 aromatic carbocycles. The third-order valence-electron chi connectivity index (χ3n) is 6.61. The number of aryl methyl sites for hydroxylation is 1. The molecule has 0 atom stereocenters. The molecule has 0 bridgehead atoms. The third kappa shape index (κ3) is 4.13. The summed E-state index contributed by atoms with van der Waals surface area (Å²) < 4.78 is 7.61. The number of rotatable bonds is 8. The first kappa shape index (κ1) is 22.0. The van der Waals surface area contributed by atoms with Gasteiger partial charge in [-0.15, -0.1) is 0 Å². The lowest BCUT2D eigenvalue weighted by atomic mass is 9.80. The van der Waals surface area contributed by atoms with Gasteiger partial charge in [-0.1, -0.05) is 72.3 Å². The molecule has 6 heteroatoms. The van der Waals surface area contributed by atoms with Crippen molar-refractivity contribution < 1.29 is 19.4 Å². The molecule has 1 aliphatic carbocycles. The van der Waals surface area contributed by atoms with Crippen molar-refractivity contribution in [1.82, 2.24) is 9.78 Å². The maximum atomic E-state index is 13.2. The number of carbonyl (C=O) groups excluding carboxylic acids is 1. The van der Waals surface area contributed by atoms with Crippen molar-refractivity contribution in [2.45, 2.75) is 44.9 Å². The normalized spacial score (nSPS) is 14.6. The van der Waals surface area contributed by atoms with Crippen molar-refractivity contribution in [3.63, 3.8) is 0 Å². The van der Waals surface area contributed by atoms with Crippen LogP contribution in [0.2, 0.25) is 0 Å². The van der Waals surface area contributed by atoms with Crippen LogP contribution in [0.25, 0.3) is 10.9 Å². The van der Waals surface area contributed by atoms with E-state index in [1.807, 2.05) is 84.4 Å². The Hall–Kier alpha value is -3.77. The summed E-state index contributed by atoms with van der Waals surface area (Å²) in [6, 6.07) is 23.2. The molecule has 1 N–H and O–H groups in total. The van der Waals surface area contributed by atoms with Crippen LogP contribution in [0.4, 0.5) is 0 Å². The number of fused-ring (bicyclic) bond motifs is 1. The summed E-state index contributed by atoms with van der Waals surface area (Å²) in [4.78, 5) is 24.7. The molecule has 0 aliphatic heterocycles. The summed E-state index contributed by atoms with van der Waals surface area (Å²) in [7, 11) is 0. The fourth-order valence-corrected chi connectivity index (χ4v) is 4.31. The number of carbonyl (C=O) groups is 2. The van der Waals surface area contributed by atoms with Crippen molar-refractivity contribution in [3.8, 4) is 0 Å². The fourth-order valence-electron chi connectivity index (χ4n) is 4.31. The minimum atomic E-state index is -1.02. The van der Waals surface area contributed by atoms with E-state index >= 15 is 0 Å². The molecule has 1 fully saturated rings. The van der Waals surface area contributed by atoms with Crippen molar-refractivity contribution >= 4 is 22.7 Å². The number of benzene rings is 3. The summed E-state index contributed by atoms with van der Waals surface area (Å²) in [5, 5.41) is 14.9. The van der Waals surface area contributed by atoms with Gasteiger partial charge in [0.1, 0.15) is 5.69 Å². The Morgan fingerprint density at radius 3 is 2.29 bits per heavy atom. The molecular weight excluding hydrogens is 428 g/mol. The first-order valence-corrected chi connectivity index (χ1v) is 11.5. The van der Waals surface area contributed by atoms with Crippen LogP contribution in [0.1, 0.15) is 52.0 Å². The van der Waals surface area contributed by atoms with Gasteiger partial charge in [0.05, 0.1) is 18.7 Å². The van der Waals surface area contributed by atoms with Crippen LogP contribution in [-0.2, 0) is 22.7 Å². The van der Waals surface area contributed by atoms with E-state index in [-0.39, 0.29) is 12.4 Å². The summed E-state index contributed by atoms with van der Waals surface area (Å²) >= 11 is 0. The molecule has 1 aliphatic rings. The van der Waals surface area contributed by atoms with E-state index in [9.17, 15) is 14.7 Å². The van der Waals surface area contributed by atoms with E-state index in [1.165, 1.54) is 0 Å². The molecule has 0 radical (unpaired) electrons. The van der Waals surface area contributed by atoms with Gasteiger partial charge in [0.25, 0.3) is 0 Å². The van der Waals surface area contributed by atoms with Crippen molar-refractivity contribution in [3.05, 3.63) is 101 Å². The van der Waals surface area contributed by atoms with Gasteiger partial charge >= 0.3 is 5.97 Å². The molecule has 5 rings (SSSR count). The number of aromatic nitrogens is 2. The number of para-hydroxylation sites is 1. The fraction of sp³-hybridized carbons (Fsp3) is 0.250. The third-order valence-corrected chi connectivity index (χ3v) is 6.61. The van der Waals surface area contributed by atoms with Crippen LogP contribution in [0, 0.1) is 6.92 Å².